The minimum atomic E-state index is -0.293. The van der Waals surface area contributed by atoms with Crippen molar-refractivity contribution in [3.8, 4) is 11.5 Å². The van der Waals surface area contributed by atoms with Crippen molar-refractivity contribution in [3.05, 3.63) is 66.5 Å². The molecule has 0 aromatic heterocycles. The number of hydrogen-bond donors (Lipinski definition) is 1. The van der Waals surface area contributed by atoms with E-state index in [9.17, 15) is 4.39 Å². The van der Waals surface area contributed by atoms with E-state index in [1.54, 1.807) is 31.2 Å². The topological polar surface area (TPSA) is 47.6 Å². The smallest absolute Gasteiger partial charge is 0.127 e. The number of aliphatic imine (C=N–C) groups is 1. The van der Waals surface area contributed by atoms with E-state index in [0.717, 1.165) is 5.56 Å². The molecule has 4 heteroatoms. The Kier molecular flexibility index (Phi) is 4.15. The summed E-state index contributed by atoms with van der Waals surface area (Å²) >= 11 is 0. The van der Waals surface area contributed by atoms with Crippen molar-refractivity contribution in [1.82, 2.24) is 0 Å². The molecule has 0 fully saturated rings. The van der Waals surface area contributed by atoms with Gasteiger partial charge in [0.05, 0.1) is 11.5 Å². The molecule has 2 N–H and O–H groups in total. The number of amidine groups is 1. The molecule has 2 rings (SSSR count). The molecule has 0 aliphatic rings. The molecule has 3 nitrogen and oxygen atoms in total. The average molecular weight is 270 g/mol. The molecule has 0 heterocycles. The summed E-state index contributed by atoms with van der Waals surface area (Å²) in [5.74, 6) is 1.40. The van der Waals surface area contributed by atoms with Gasteiger partial charge in [0.15, 0.2) is 0 Å². The van der Waals surface area contributed by atoms with E-state index in [1.165, 1.54) is 12.1 Å². The molecule has 0 atom stereocenters. The summed E-state index contributed by atoms with van der Waals surface area (Å²) < 4.78 is 18.4. The van der Waals surface area contributed by atoms with E-state index in [0.29, 0.717) is 23.0 Å². The number of nitrogens with two attached hydrogens (primary N) is 1. The van der Waals surface area contributed by atoms with Gasteiger partial charge in [-0.1, -0.05) is 6.58 Å². The number of nitrogens with zero attached hydrogens (tertiary/aromatic N) is 1. The molecule has 20 heavy (non-hydrogen) atoms. The predicted molar refractivity (Wildman–Crippen MR) is 79.2 cm³/mol. The highest BCUT2D eigenvalue weighted by Gasteiger charge is 2.01. The van der Waals surface area contributed by atoms with Crippen LogP contribution in [0.15, 0.2) is 60.1 Å². The summed E-state index contributed by atoms with van der Waals surface area (Å²) in [6.45, 7) is 5.54. The van der Waals surface area contributed by atoms with E-state index in [2.05, 4.69) is 11.6 Å². The van der Waals surface area contributed by atoms with E-state index < -0.39 is 0 Å². The van der Waals surface area contributed by atoms with Crippen LogP contribution in [0.2, 0.25) is 0 Å². The summed E-state index contributed by atoms with van der Waals surface area (Å²) in [4.78, 5) is 4.09. The Labute approximate surface area is 117 Å². The number of rotatable bonds is 4. The maximum Gasteiger partial charge on any atom is 0.127 e. The van der Waals surface area contributed by atoms with Gasteiger partial charge in [0.2, 0.25) is 0 Å². The second-order valence-corrected chi connectivity index (χ2v) is 4.28. The zero-order valence-electron chi connectivity index (χ0n) is 11.1. The van der Waals surface area contributed by atoms with Crippen LogP contribution in [0.4, 0.5) is 4.39 Å². The van der Waals surface area contributed by atoms with E-state index >= 15 is 0 Å². The van der Waals surface area contributed by atoms with Gasteiger partial charge in [-0.25, -0.2) is 9.38 Å². The average Bonchev–Trinajstić information content (AvgIpc) is 2.41. The molecule has 0 amide bonds. The fourth-order valence-electron chi connectivity index (χ4n) is 1.63. The number of ether oxygens (including phenoxy) is 1. The summed E-state index contributed by atoms with van der Waals surface area (Å²) in [6.07, 6.45) is 0. The summed E-state index contributed by atoms with van der Waals surface area (Å²) in [6, 6.07) is 13.1. The van der Waals surface area contributed by atoms with Crippen molar-refractivity contribution in [2.75, 3.05) is 0 Å². The first-order valence-corrected chi connectivity index (χ1v) is 6.08. The first kappa shape index (κ1) is 13.8. The zero-order chi connectivity index (χ0) is 14.5. The van der Waals surface area contributed by atoms with Crippen LogP contribution < -0.4 is 10.5 Å². The Morgan fingerprint density at radius 1 is 1.05 bits per heavy atom. The lowest BCUT2D eigenvalue weighted by molar-refractivity contribution is 0.480. The Morgan fingerprint density at radius 2 is 1.55 bits per heavy atom. The summed E-state index contributed by atoms with van der Waals surface area (Å²) in [5.41, 5.74) is 6.97. The third-order valence-corrected chi connectivity index (χ3v) is 2.55. The van der Waals surface area contributed by atoms with E-state index in [-0.39, 0.29) is 5.82 Å². The SMILES string of the molecule is C=C(N=C(C)N)c1ccc(Oc2ccc(F)cc2)cc1. The fourth-order valence-corrected chi connectivity index (χ4v) is 1.63. The minimum Gasteiger partial charge on any atom is -0.457 e. The molecule has 102 valence electrons. The van der Waals surface area contributed by atoms with Gasteiger partial charge in [0.1, 0.15) is 17.3 Å². The summed E-state index contributed by atoms with van der Waals surface area (Å²) in [7, 11) is 0. The second kappa shape index (κ2) is 6.02. The maximum atomic E-state index is 12.8. The molecule has 0 aliphatic carbocycles. The van der Waals surface area contributed by atoms with Crippen LogP contribution in [0, 0.1) is 5.82 Å². The van der Waals surface area contributed by atoms with Crippen molar-refractivity contribution in [2.45, 2.75) is 6.92 Å². The molecule has 0 spiro atoms. The van der Waals surface area contributed by atoms with Gasteiger partial charge in [0.25, 0.3) is 0 Å². The van der Waals surface area contributed by atoms with Gasteiger partial charge >= 0.3 is 0 Å². The lowest BCUT2D eigenvalue weighted by atomic mass is 10.2. The number of halogens is 1. The highest BCUT2D eigenvalue weighted by molar-refractivity contribution is 5.84. The first-order valence-electron chi connectivity index (χ1n) is 6.08. The molecule has 0 radical (unpaired) electrons. The summed E-state index contributed by atoms with van der Waals surface area (Å²) in [5, 5.41) is 0. The second-order valence-electron chi connectivity index (χ2n) is 4.28. The largest absolute Gasteiger partial charge is 0.457 e. The molecule has 2 aromatic carbocycles. The molecular weight excluding hydrogens is 255 g/mol. The van der Waals surface area contributed by atoms with Crippen molar-refractivity contribution < 1.29 is 9.13 Å². The molecule has 0 aliphatic heterocycles. The molecular formula is C16H15FN2O. The third-order valence-electron chi connectivity index (χ3n) is 2.55. The highest BCUT2D eigenvalue weighted by atomic mass is 19.1. The van der Waals surface area contributed by atoms with Crippen LogP contribution in [0.1, 0.15) is 12.5 Å². The van der Waals surface area contributed by atoms with Gasteiger partial charge in [0, 0.05) is 0 Å². The lowest BCUT2D eigenvalue weighted by Crippen LogP contribution is -2.04. The normalized spacial score (nSPS) is 11.2. The van der Waals surface area contributed by atoms with Crippen LogP contribution in [-0.4, -0.2) is 5.84 Å². The van der Waals surface area contributed by atoms with Crippen molar-refractivity contribution in [2.24, 2.45) is 10.7 Å². The van der Waals surface area contributed by atoms with Crippen LogP contribution in [0.25, 0.3) is 5.70 Å². The lowest BCUT2D eigenvalue weighted by Gasteiger charge is -2.07. The highest BCUT2D eigenvalue weighted by Crippen LogP contribution is 2.23. The number of hydrogen-bond acceptors (Lipinski definition) is 2. The molecule has 2 aromatic rings. The van der Waals surface area contributed by atoms with Crippen LogP contribution in [-0.2, 0) is 0 Å². The Bertz CT molecular complexity index is 627. The number of benzene rings is 2. The zero-order valence-corrected chi connectivity index (χ0v) is 11.1. The van der Waals surface area contributed by atoms with Crippen LogP contribution in [0.3, 0.4) is 0 Å². The Balaban J connectivity index is 2.10. The third kappa shape index (κ3) is 3.68. The predicted octanol–water partition coefficient (Wildman–Crippen LogP) is 3.97. The fraction of sp³-hybridized carbons (Fsp3) is 0.0625. The molecule has 0 saturated heterocycles. The van der Waals surface area contributed by atoms with Gasteiger partial charge in [-0.15, -0.1) is 0 Å². The maximum absolute atomic E-state index is 12.8. The molecule has 0 unspecified atom stereocenters. The van der Waals surface area contributed by atoms with Gasteiger partial charge in [-0.3, -0.25) is 0 Å². The molecule has 0 bridgehead atoms. The monoisotopic (exact) mass is 270 g/mol. The Morgan fingerprint density at radius 3 is 2.05 bits per heavy atom. The van der Waals surface area contributed by atoms with Gasteiger partial charge in [-0.2, -0.15) is 0 Å². The van der Waals surface area contributed by atoms with Crippen molar-refractivity contribution in [1.29, 1.82) is 0 Å². The standard InChI is InChI=1S/C16H15FN2O/c1-11(19-12(2)18)13-3-7-15(8-4-13)20-16-9-5-14(17)6-10-16/h3-10H,1H2,2H3,(H2,18,19). The first-order chi connectivity index (χ1) is 9.54. The quantitative estimate of drug-likeness (QED) is 0.675. The Hall–Kier alpha value is -2.62. The minimum absolute atomic E-state index is 0.293. The van der Waals surface area contributed by atoms with Crippen molar-refractivity contribution >= 4 is 11.5 Å². The van der Waals surface area contributed by atoms with Gasteiger partial charge in [-0.05, 0) is 61.0 Å². The van der Waals surface area contributed by atoms with E-state index in [4.69, 9.17) is 10.5 Å². The molecule has 0 saturated carbocycles. The van der Waals surface area contributed by atoms with Crippen molar-refractivity contribution in [3.63, 3.8) is 0 Å². The van der Waals surface area contributed by atoms with Crippen LogP contribution >= 0.6 is 0 Å². The van der Waals surface area contributed by atoms with Crippen LogP contribution in [0.5, 0.6) is 11.5 Å². The van der Waals surface area contributed by atoms with Gasteiger partial charge < -0.3 is 10.5 Å². The van der Waals surface area contributed by atoms with E-state index in [1.807, 2.05) is 12.1 Å².